The average molecular weight is 449 g/mol. The fraction of sp³-hybridized carbons (Fsp3) is 0.500. The zero-order chi connectivity index (χ0) is 20.5. The van der Waals surface area contributed by atoms with Gasteiger partial charge in [0.05, 0.1) is 11.3 Å². The third kappa shape index (κ3) is 4.23. The topological polar surface area (TPSA) is 77.3 Å². The SMILES string of the molecule is CSc1nc(CN2CCC3(CCN(S(=O)(=O)c4cccs4)CC3)C2)ccc1C#N. The number of aromatic nitrogens is 1. The van der Waals surface area contributed by atoms with Crippen LogP contribution in [0, 0.1) is 16.7 Å². The second kappa shape index (κ2) is 8.36. The van der Waals surface area contributed by atoms with Crippen molar-refractivity contribution in [3.8, 4) is 6.07 Å². The van der Waals surface area contributed by atoms with Gasteiger partial charge in [-0.3, -0.25) is 4.90 Å². The van der Waals surface area contributed by atoms with Crippen LogP contribution >= 0.6 is 23.1 Å². The van der Waals surface area contributed by atoms with Gasteiger partial charge in [-0.25, -0.2) is 13.4 Å². The molecule has 9 heteroatoms. The third-order valence-corrected chi connectivity index (χ3v) is 9.98. The molecule has 4 heterocycles. The molecule has 1 spiro atoms. The minimum atomic E-state index is -3.34. The number of nitrogens with zero attached hydrogens (tertiary/aromatic N) is 4. The second-order valence-electron chi connectivity index (χ2n) is 7.77. The molecule has 0 aliphatic carbocycles. The summed E-state index contributed by atoms with van der Waals surface area (Å²) in [5.74, 6) is 0. The van der Waals surface area contributed by atoms with Crippen LogP contribution in [0.3, 0.4) is 0 Å². The summed E-state index contributed by atoms with van der Waals surface area (Å²) in [6, 6.07) is 9.47. The highest BCUT2D eigenvalue weighted by molar-refractivity contribution is 7.98. The Morgan fingerprint density at radius 3 is 2.66 bits per heavy atom. The zero-order valence-corrected chi connectivity index (χ0v) is 18.8. The van der Waals surface area contributed by atoms with Crippen LogP contribution in [0.4, 0.5) is 0 Å². The van der Waals surface area contributed by atoms with Gasteiger partial charge in [-0.1, -0.05) is 6.07 Å². The van der Waals surface area contributed by atoms with Gasteiger partial charge in [0, 0.05) is 26.2 Å². The van der Waals surface area contributed by atoms with Crippen LogP contribution in [-0.4, -0.2) is 55.0 Å². The predicted octanol–water partition coefficient (Wildman–Crippen LogP) is 3.41. The smallest absolute Gasteiger partial charge is 0.252 e. The molecule has 0 radical (unpaired) electrons. The molecule has 0 unspecified atom stereocenters. The molecule has 4 rings (SSSR count). The molecule has 154 valence electrons. The number of hydrogen-bond acceptors (Lipinski definition) is 7. The molecular weight excluding hydrogens is 424 g/mol. The Balaban J connectivity index is 1.38. The Hall–Kier alpha value is -1.44. The summed E-state index contributed by atoms with van der Waals surface area (Å²) < 4.78 is 27.6. The highest BCUT2D eigenvalue weighted by atomic mass is 32.2. The first-order valence-electron chi connectivity index (χ1n) is 9.66. The number of pyridine rings is 1. The highest BCUT2D eigenvalue weighted by Crippen LogP contribution is 2.42. The van der Waals surface area contributed by atoms with E-state index in [0.717, 1.165) is 49.6 Å². The lowest BCUT2D eigenvalue weighted by molar-refractivity contribution is 0.153. The van der Waals surface area contributed by atoms with Crippen molar-refractivity contribution in [1.29, 1.82) is 5.26 Å². The van der Waals surface area contributed by atoms with E-state index in [1.165, 1.54) is 23.1 Å². The summed E-state index contributed by atoms with van der Waals surface area (Å²) in [5, 5.41) is 11.8. The Kier molecular flexibility index (Phi) is 6.00. The lowest BCUT2D eigenvalue weighted by Crippen LogP contribution is -2.44. The monoisotopic (exact) mass is 448 g/mol. The van der Waals surface area contributed by atoms with E-state index in [4.69, 9.17) is 5.26 Å². The highest BCUT2D eigenvalue weighted by Gasteiger charge is 2.43. The van der Waals surface area contributed by atoms with E-state index in [9.17, 15) is 8.42 Å². The lowest BCUT2D eigenvalue weighted by atomic mass is 9.78. The molecule has 2 saturated heterocycles. The van der Waals surface area contributed by atoms with Crippen molar-refractivity contribution in [2.75, 3.05) is 32.4 Å². The third-order valence-electron chi connectivity index (χ3n) is 6.01. The number of hydrogen-bond donors (Lipinski definition) is 0. The van der Waals surface area contributed by atoms with Crippen LogP contribution in [0.15, 0.2) is 38.9 Å². The molecule has 2 aliphatic rings. The standard InChI is InChI=1S/C20H24N4O2S3/c1-27-19-16(13-21)4-5-17(22-19)14-23-9-6-20(15-23)7-10-24(11-8-20)29(25,26)18-3-2-12-28-18/h2-5,12H,6-11,14-15H2,1H3. The zero-order valence-electron chi connectivity index (χ0n) is 16.4. The van der Waals surface area contributed by atoms with Gasteiger partial charge >= 0.3 is 0 Å². The Labute approximate surface area is 180 Å². The number of thiophene rings is 1. The molecule has 2 aliphatic heterocycles. The summed E-state index contributed by atoms with van der Waals surface area (Å²) in [7, 11) is -3.34. The van der Waals surface area contributed by atoms with Crippen LogP contribution in [0.1, 0.15) is 30.5 Å². The maximum atomic E-state index is 12.8. The van der Waals surface area contributed by atoms with Crippen LogP contribution in [0.5, 0.6) is 0 Å². The van der Waals surface area contributed by atoms with Gasteiger partial charge in [0.1, 0.15) is 15.3 Å². The van der Waals surface area contributed by atoms with Gasteiger partial charge < -0.3 is 0 Å². The molecule has 2 aromatic heterocycles. The van der Waals surface area contributed by atoms with Gasteiger partial charge in [-0.2, -0.15) is 9.57 Å². The van der Waals surface area contributed by atoms with Gasteiger partial charge in [-0.15, -0.1) is 23.1 Å². The Morgan fingerprint density at radius 1 is 1.24 bits per heavy atom. The van der Waals surface area contributed by atoms with Gasteiger partial charge in [0.15, 0.2) is 0 Å². The minimum absolute atomic E-state index is 0.205. The summed E-state index contributed by atoms with van der Waals surface area (Å²) in [6.45, 7) is 3.96. The molecule has 0 aromatic carbocycles. The summed E-state index contributed by atoms with van der Waals surface area (Å²) >= 11 is 2.79. The van der Waals surface area contributed by atoms with Gasteiger partial charge in [0.25, 0.3) is 10.0 Å². The van der Waals surface area contributed by atoms with Crippen molar-refractivity contribution < 1.29 is 8.42 Å². The summed E-state index contributed by atoms with van der Waals surface area (Å²) in [6.07, 6.45) is 4.86. The average Bonchev–Trinajstić information content (AvgIpc) is 3.40. The van der Waals surface area contributed by atoms with Gasteiger partial charge in [0.2, 0.25) is 0 Å². The first kappa shape index (κ1) is 20.8. The molecule has 0 atom stereocenters. The molecule has 0 bridgehead atoms. The molecule has 2 aromatic rings. The number of sulfonamides is 1. The molecule has 0 N–H and O–H groups in total. The normalized spacial score (nSPS) is 20.1. The van der Waals surface area contributed by atoms with Crippen molar-refractivity contribution in [1.82, 2.24) is 14.2 Å². The number of likely N-dealkylation sites (tertiary alicyclic amines) is 1. The Bertz CT molecular complexity index is 1010. The van der Waals surface area contributed by atoms with Crippen molar-refractivity contribution in [2.45, 2.75) is 35.0 Å². The maximum absolute atomic E-state index is 12.8. The quantitative estimate of drug-likeness (QED) is 0.653. The van der Waals surface area contributed by atoms with Gasteiger partial charge in [-0.05, 0) is 61.1 Å². The number of nitriles is 1. The predicted molar refractivity (Wildman–Crippen MR) is 115 cm³/mol. The van der Waals surface area contributed by atoms with Crippen molar-refractivity contribution in [3.05, 3.63) is 40.9 Å². The number of thioether (sulfide) groups is 1. The first-order valence-corrected chi connectivity index (χ1v) is 13.2. The summed E-state index contributed by atoms with van der Waals surface area (Å²) in [5.41, 5.74) is 1.82. The molecular formula is C20H24N4O2S3. The van der Waals surface area contributed by atoms with E-state index >= 15 is 0 Å². The number of rotatable bonds is 5. The van der Waals surface area contributed by atoms with Crippen LogP contribution in [0.25, 0.3) is 0 Å². The van der Waals surface area contributed by atoms with E-state index in [1.807, 2.05) is 23.8 Å². The molecule has 2 fully saturated rings. The Morgan fingerprint density at radius 2 is 2.00 bits per heavy atom. The van der Waals surface area contributed by atoms with E-state index < -0.39 is 10.0 Å². The van der Waals surface area contributed by atoms with Crippen LogP contribution in [-0.2, 0) is 16.6 Å². The van der Waals surface area contributed by atoms with Crippen molar-refractivity contribution >= 4 is 33.1 Å². The molecule has 6 nitrogen and oxygen atoms in total. The fourth-order valence-electron chi connectivity index (χ4n) is 4.35. The first-order chi connectivity index (χ1) is 14.0. The van der Waals surface area contributed by atoms with E-state index in [0.29, 0.717) is 22.9 Å². The fourth-order valence-corrected chi connectivity index (χ4v) is 7.47. The van der Waals surface area contributed by atoms with E-state index in [2.05, 4.69) is 16.0 Å². The largest absolute Gasteiger partial charge is 0.297 e. The van der Waals surface area contributed by atoms with Crippen molar-refractivity contribution in [2.24, 2.45) is 5.41 Å². The van der Waals surface area contributed by atoms with E-state index in [1.54, 1.807) is 16.4 Å². The minimum Gasteiger partial charge on any atom is -0.297 e. The summed E-state index contributed by atoms with van der Waals surface area (Å²) in [4.78, 5) is 7.06. The maximum Gasteiger partial charge on any atom is 0.252 e. The lowest BCUT2D eigenvalue weighted by Gasteiger charge is -2.38. The van der Waals surface area contributed by atoms with E-state index in [-0.39, 0.29) is 5.41 Å². The van der Waals surface area contributed by atoms with Crippen LogP contribution in [0.2, 0.25) is 0 Å². The van der Waals surface area contributed by atoms with Crippen molar-refractivity contribution in [3.63, 3.8) is 0 Å². The molecule has 0 saturated carbocycles. The van der Waals surface area contributed by atoms with Crippen LogP contribution < -0.4 is 0 Å². The number of piperidine rings is 1. The second-order valence-corrected chi connectivity index (χ2v) is 11.7. The molecule has 29 heavy (non-hydrogen) atoms. The molecule has 0 amide bonds.